The van der Waals surface area contributed by atoms with Crippen LogP contribution in [0, 0.1) is 0 Å². The molecule has 0 saturated heterocycles. The van der Waals surface area contributed by atoms with E-state index in [1.54, 1.807) is 0 Å². The van der Waals surface area contributed by atoms with E-state index in [1.165, 1.54) is 0 Å². The third-order valence-corrected chi connectivity index (χ3v) is 4.45. The van der Waals surface area contributed by atoms with Crippen molar-refractivity contribution in [3.05, 3.63) is 47.7 Å². The van der Waals surface area contributed by atoms with E-state index in [4.69, 9.17) is 5.73 Å². The van der Waals surface area contributed by atoms with Crippen LogP contribution in [0.15, 0.2) is 36.4 Å². The monoisotopic (exact) mass is 298 g/mol. The molecule has 4 N–H and O–H groups in total. The Balaban J connectivity index is 1.54. The first-order chi connectivity index (χ1) is 10.7. The maximum atomic E-state index is 12.5. The molecule has 1 fully saturated rings. The molecule has 1 unspecified atom stereocenters. The quantitative estimate of drug-likeness (QED) is 0.793. The Bertz CT molecular complexity index is 631. The molecule has 1 aliphatic rings. The average molecular weight is 298 g/mol. The van der Waals surface area contributed by atoms with E-state index in [0.29, 0.717) is 11.7 Å². The SMILES string of the molecule is CCC(C(=O)N[C@H]1C[C@@H](c2cc(N)[nH]n2)C1)c1ccccc1. The van der Waals surface area contributed by atoms with E-state index in [9.17, 15) is 4.79 Å². The molecule has 0 aliphatic heterocycles. The molecular formula is C17H22N4O. The summed E-state index contributed by atoms with van der Waals surface area (Å²) in [5.41, 5.74) is 7.73. The number of carbonyl (C=O) groups excluding carboxylic acids is 1. The summed E-state index contributed by atoms with van der Waals surface area (Å²) in [5, 5.41) is 10.1. The van der Waals surface area contributed by atoms with Gasteiger partial charge < -0.3 is 11.1 Å². The molecule has 3 rings (SSSR count). The maximum absolute atomic E-state index is 12.5. The Morgan fingerprint density at radius 3 is 2.73 bits per heavy atom. The van der Waals surface area contributed by atoms with Crippen molar-refractivity contribution in [3.8, 4) is 0 Å². The smallest absolute Gasteiger partial charge is 0.227 e. The number of hydrogen-bond acceptors (Lipinski definition) is 3. The number of nitrogen functional groups attached to an aromatic ring is 1. The van der Waals surface area contributed by atoms with Crippen molar-refractivity contribution in [1.82, 2.24) is 15.5 Å². The zero-order valence-corrected chi connectivity index (χ0v) is 12.8. The third-order valence-electron chi connectivity index (χ3n) is 4.45. The van der Waals surface area contributed by atoms with Crippen molar-refractivity contribution in [3.63, 3.8) is 0 Å². The number of nitrogens with zero attached hydrogens (tertiary/aromatic N) is 1. The Hall–Kier alpha value is -2.30. The van der Waals surface area contributed by atoms with E-state index in [1.807, 2.05) is 43.3 Å². The first kappa shape index (κ1) is 14.6. The second-order valence-electron chi connectivity index (χ2n) is 5.99. The summed E-state index contributed by atoms with van der Waals surface area (Å²) in [7, 11) is 0. The van der Waals surface area contributed by atoms with Gasteiger partial charge in [-0.1, -0.05) is 37.3 Å². The van der Waals surface area contributed by atoms with Crippen molar-refractivity contribution in [2.75, 3.05) is 5.73 Å². The van der Waals surface area contributed by atoms with Crippen LogP contribution in [0.1, 0.15) is 49.3 Å². The molecule has 22 heavy (non-hydrogen) atoms. The molecule has 2 aromatic rings. The number of benzene rings is 1. The number of aromatic nitrogens is 2. The van der Waals surface area contributed by atoms with Crippen LogP contribution in [0.5, 0.6) is 0 Å². The third kappa shape index (κ3) is 2.98. The second-order valence-corrected chi connectivity index (χ2v) is 5.99. The lowest BCUT2D eigenvalue weighted by molar-refractivity contribution is -0.124. The largest absolute Gasteiger partial charge is 0.384 e. The number of hydrogen-bond donors (Lipinski definition) is 3. The van der Waals surface area contributed by atoms with Gasteiger partial charge in [0.15, 0.2) is 0 Å². The zero-order valence-electron chi connectivity index (χ0n) is 12.8. The van der Waals surface area contributed by atoms with Crippen molar-refractivity contribution in [2.45, 2.75) is 44.1 Å². The summed E-state index contributed by atoms with van der Waals surface area (Å²) in [6.45, 7) is 2.05. The molecule has 1 atom stereocenters. The molecule has 1 aromatic heterocycles. The first-order valence-electron chi connectivity index (χ1n) is 7.83. The highest BCUT2D eigenvalue weighted by molar-refractivity contribution is 5.83. The molecule has 1 aromatic carbocycles. The fraction of sp³-hybridized carbons (Fsp3) is 0.412. The molecule has 1 heterocycles. The van der Waals surface area contributed by atoms with Crippen molar-refractivity contribution in [2.24, 2.45) is 0 Å². The van der Waals surface area contributed by atoms with Crippen LogP contribution in [0.3, 0.4) is 0 Å². The van der Waals surface area contributed by atoms with Gasteiger partial charge >= 0.3 is 0 Å². The van der Waals surface area contributed by atoms with Crippen LogP contribution in [0.4, 0.5) is 5.82 Å². The van der Waals surface area contributed by atoms with Crippen LogP contribution >= 0.6 is 0 Å². The van der Waals surface area contributed by atoms with Crippen LogP contribution in [0.25, 0.3) is 0 Å². The molecule has 0 spiro atoms. The van der Waals surface area contributed by atoms with Crippen molar-refractivity contribution in [1.29, 1.82) is 0 Å². The number of rotatable bonds is 5. The lowest BCUT2D eigenvalue weighted by atomic mass is 9.78. The molecule has 1 amide bonds. The van der Waals surface area contributed by atoms with Gasteiger partial charge in [0.05, 0.1) is 11.6 Å². The first-order valence-corrected chi connectivity index (χ1v) is 7.83. The van der Waals surface area contributed by atoms with Crippen molar-refractivity contribution >= 4 is 11.7 Å². The Morgan fingerprint density at radius 2 is 2.14 bits per heavy atom. The minimum atomic E-state index is -0.0683. The number of anilines is 1. The number of carbonyl (C=O) groups is 1. The Morgan fingerprint density at radius 1 is 1.41 bits per heavy atom. The van der Waals surface area contributed by atoms with Crippen LogP contribution < -0.4 is 11.1 Å². The Labute approximate surface area is 130 Å². The van der Waals surface area contributed by atoms with Gasteiger partial charge in [-0.2, -0.15) is 5.10 Å². The molecule has 116 valence electrons. The van der Waals surface area contributed by atoms with Gasteiger partial charge in [0, 0.05) is 18.0 Å². The highest BCUT2D eigenvalue weighted by Crippen LogP contribution is 2.36. The average Bonchev–Trinajstić information content (AvgIpc) is 2.90. The normalized spacial score (nSPS) is 21.9. The van der Waals surface area contributed by atoms with Gasteiger partial charge in [-0.15, -0.1) is 0 Å². The summed E-state index contributed by atoms with van der Waals surface area (Å²) >= 11 is 0. The number of amides is 1. The van der Waals surface area contributed by atoms with Gasteiger partial charge in [-0.25, -0.2) is 0 Å². The van der Waals surface area contributed by atoms with Crippen LogP contribution in [-0.4, -0.2) is 22.1 Å². The van der Waals surface area contributed by atoms with E-state index in [0.717, 1.165) is 30.5 Å². The van der Waals surface area contributed by atoms with Crippen molar-refractivity contribution < 1.29 is 4.79 Å². The predicted molar refractivity (Wildman–Crippen MR) is 86.4 cm³/mol. The minimum Gasteiger partial charge on any atom is -0.384 e. The molecule has 1 saturated carbocycles. The number of H-pyrrole nitrogens is 1. The highest BCUT2D eigenvalue weighted by Gasteiger charge is 2.34. The van der Waals surface area contributed by atoms with E-state index >= 15 is 0 Å². The lowest BCUT2D eigenvalue weighted by Crippen LogP contribution is -2.45. The number of nitrogens with two attached hydrogens (primary N) is 1. The molecule has 0 bridgehead atoms. The summed E-state index contributed by atoms with van der Waals surface area (Å²) in [5.74, 6) is 1.05. The number of aromatic amines is 1. The minimum absolute atomic E-state index is 0.0683. The number of nitrogens with one attached hydrogen (secondary N) is 2. The van der Waals surface area contributed by atoms with Gasteiger partial charge in [-0.05, 0) is 24.8 Å². The fourth-order valence-corrected chi connectivity index (χ4v) is 3.10. The summed E-state index contributed by atoms with van der Waals surface area (Å²) in [6.07, 6.45) is 2.67. The van der Waals surface area contributed by atoms with Crippen LogP contribution in [0.2, 0.25) is 0 Å². The lowest BCUT2D eigenvalue weighted by Gasteiger charge is -2.35. The second kappa shape index (κ2) is 6.22. The highest BCUT2D eigenvalue weighted by atomic mass is 16.1. The summed E-state index contributed by atoms with van der Waals surface area (Å²) in [6, 6.07) is 12.1. The predicted octanol–water partition coefficient (Wildman–Crippen LogP) is 2.55. The zero-order chi connectivity index (χ0) is 15.5. The summed E-state index contributed by atoms with van der Waals surface area (Å²) < 4.78 is 0. The van der Waals surface area contributed by atoms with Gasteiger partial charge in [0.1, 0.15) is 5.82 Å². The van der Waals surface area contributed by atoms with Gasteiger partial charge in [0.25, 0.3) is 0 Å². The molecule has 0 radical (unpaired) electrons. The molecule has 5 nitrogen and oxygen atoms in total. The molecular weight excluding hydrogens is 276 g/mol. The van der Waals surface area contributed by atoms with E-state index in [2.05, 4.69) is 15.5 Å². The standard InChI is InChI=1S/C17H22N4O/c1-2-14(11-6-4-3-5-7-11)17(22)19-13-8-12(9-13)15-10-16(18)21-20-15/h3-7,10,12-14H,2,8-9H2,1H3,(H,19,22)(H3,18,20,21)/t12-,13+,14?. The fourth-order valence-electron chi connectivity index (χ4n) is 3.10. The van der Waals surface area contributed by atoms with E-state index < -0.39 is 0 Å². The van der Waals surface area contributed by atoms with Gasteiger partial charge in [0.2, 0.25) is 5.91 Å². The van der Waals surface area contributed by atoms with Crippen LogP contribution in [-0.2, 0) is 4.79 Å². The molecule has 1 aliphatic carbocycles. The topological polar surface area (TPSA) is 83.8 Å². The van der Waals surface area contributed by atoms with E-state index in [-0.39, 0.29) is 17.9 Å². The summed E-state index contributed by atoms with van der Waals surface area (Å²) in [4.78, 5) is 12.5. The van der Waals surface area contributed by atoms with Gasteiger partial charge in [-0.3, -0.25) is 9.89 Å². The Kier molecular flexibility index (Phi) is 4.13. The molecule has 5 heteroatoms. The maximum Gasteiger partial charge on any atom is 0.227 e.